The van der Waals surface area contributed by atoms with Crippen molar-refractivity contribution in [1.29, 1.82) is 0 Å². The second-order valence-electron chi connectivity index (χ2n) is 5.03. The minimum Gasteiger partial charge on any atom is -0.399 e. The van der Waals surface area contributed by atoms with E-state index in [1.165, 1.54) is 21.1 Å². The molecular weight excluding hydrogens is 254 g/mol. The Kier molecular flexibility index (Phi) is 3.53. The highest BCUT2D eigenvalue weighted by Gasteiger charge is 2.20. The lowest BCUT2D eigenvalue weighted by molar-refractivity contribution is 0.247. The Morgan fingerprint density at radius 3 is 2.84 bits per heavy atom. The number of thiazole rings is 1. The van der Waals surface area contributed by atoms with Gasteiger partial charge in [0.15, 0.2) is 0 Å². The number of anilines is 1. The number of hydrogen-bond acceptors (Lipinski definition) is 4. The summed E-state index contributed by atoms with van der Waals surface area (Å²) in [7, 11) is 0. The quantitative estimate of drug-likeness (QED) is 0.874. The van der Waals surface area contributed by atoms with E-state index in [0.717, 1.165) is 38.2 Å². The van der Waals surface area contributed by atoms with Crippen molar-refractivity contribution in [2.24, 2.45) is 0 Å². The van der Waals surface area contributed by atoms with Crippen LogP contribution in [-0.2, 0) is 25.9 Å². The maximum Gasteiger partial charge on any atom is 0.0928 e. The summed E-state index contributed by atoms with van der Waals surface area (Å²) in [5, 5.41) is 1.28. The molecule has 0 fully saturated rings. The van der Waals surface area contributed by atoms with E-state index in [-0.39, 0.29) is 0 Å². The lowest BCUT2D eigenvalue weighted by atomic mass is 10.1. The number of nitrogens with zero attached hydrogens (tertiary/aromatic N) is 2. The summed E-state index contributed by atoms with van der Waals surface area (Å²) in [4.78, 5) is 8.65. The number of nitrogens with two attached hydrogens (primary N) is 1. The monoisotopic (exact) mass is 273 g/mol. The standard InChI is InChI=1S/C15H19N3S/c1-2-15-17-13-7-8-18(10-14(13)19-15)9-11-3-5-12(16)6-4-11/h3-6H,2,7-10,16H2,1H3. The Balaban J connectivity index is 1.69. The first-order valence-corrected chi connectivity index (χ1v) is 7.60. The molecule has 1 aromatic heterocycles. The van der Waals surface area contributed by atoms with Crippen LogP contribution >= 0.6 is 11.3 Å². The van der Waals surface area contributed by atoms with E-state index in [1.54, 1.807) is 0 Å². The smallest absolute Gasteiger partial charge is 0.0928 e. The molecule has 0 bridgehead atoms. The molecule has 1 aliphatic heterocycles. The van der Waals surface area contributed by atoms with Gasteiger partial charge in [-0.2, -0.15) is 0 Å². The molecule has 3 rings (SSSR count). The van der Waals surface area contributed by atoms with Gasteiger partial charge in [0, 0.05) is 36.6 Å². The topological polar surface area (TPSA) is 42.2 Å². The van der Waals surface area contributed by atoms with E-state index in [2.05, 4.69) is 24.0 Å². The molecule has 100 valence electrons. The number of nitrogen functional groups attached to an aromatic ring is 1. The van der Waals surface area contributed by atoms with Gasteiger partial charge in [0.2, 0.25) is 0 Å². The fourth-order valence-corrected chi connectivity index (χ4v) is 3.57. The predicted octanol–water partition coefficient (Wildman–Crippen LogP) is 2.85. The number of aromatic nitrogens is 1. The van der Waals surface area contributed by atoms with Crippen molar-refractivity contribution in [3.8, 4) is 0 Å². The highest BCUT2D eigenvalue weighted by atomic mass is 32.1. The molecule has 2 heterocycles. The number of fused-ring (bicyclic) bond motifs is 1. The average molecular weight is 273 g/mol. The SMILES string of the molecule is CCc1nc2c(s1)CN(Cc1ccc(N)cc1)CC2. The fraction of sp³-hybridized carbons (Fsp3) is 0.400. The normalized spacial score (nSPS) is 15.4. The molecule has 0 saturated carbocycles. The molecule has 0 aliphatic carbocycles. The summed E-state index contributed by atoms with van der Waals surface area (Å²) in [6.45, 7) is 5.32. The van der Waals surface area contributed by atoms with Crippen LogP contribution in [0.25, 0.3) is 0 Å². The van der Waals surface area contributed by atoms with Gasteiger partial charge in [0.05, 0.1) is 10.7 Å². The zero-order chi connectivity index (χ0) is 13.2. The van der Waals surface area contributed by atoms with E-state index in [4.69, 9.17) is 10.7 Å². The molecule has 2 aromatic rings. The van der Waals surface area contributed by atoms with Gasteiger partial charge in [-0.25, -0.2) is 4.98 Å². The zero-order valence-electron chi connectivity index (χ0n) is 11.2. The Morgan fingerprint density at radius 2 is 2.11 bits per heavy atom. The summed E-state index contributed by atoms with van der Waals surface area (Å²) in [5.74, 6) is 0. The maximum absolute atomic E-state index is 5.72. The van der Waals surface area contributed by atoms with Gasteiger partial charge >= 0.3 is 0 Å². The highest BCUT2D eigenvalue weighted by Crippen LogP contribution is 2.26. The summed E-state index contributed by atoms with van der Waals surface area (Å²) in [6.07, 6.45) is 2.14. The van der Waals surface area contributed by atoms with Crippen molar-refractivity contribution in [3.63, 3.8) is 0 Å². The van der Waals surface area contributed by atoms with Gasteiger partial charge < -0.3 is 5.73 Å². The third-order valence-electron chi connectivity index (χ3n) is 3.54. The molecule has 0 unspecified atom stereocenters. The summed E-state index contributed by atoms with van der Waals surface area (Å²) < 4.78 is 0. The lowest BCUT2D eigenvalue weighted by Gasteiger charge is -2.25. The lowest BCUT2D eigenvalue weighted by Crippen LogP contribution is -2.29. The molecule has 0 atom stereocenters. The van der Waals surface area contributed by atoms with Gasteiger partial charge in [-0.1, -0.05) is 19.1 Å². The minimum absolute atomic E-state index is 0.833. The van der Waals surface area contributed by atoms with E-state index >= 15 is 0 Å². The molecule has 0 saturated heterocycles. The Bertz CT molecular complexity index is 559. The maximum atomic E-state index is 5.72. The van der Waals surface area contributed by atoms with Crippen LogP contribution < -0.4 is 5.73 Å². The van der Waals surface area contributed by atoms with Crippen molar-refractivity contribution in [2.75, 3.05) is 12.3 Å². The Hall–Kier alpha value is -1.39. The van der Waals surface area contributed by atoms with E-state index in [0.29, 0.717) is 0 Å². The summed E-state index contributed by atoms with van der Waals surface area (Å²) in [5.41, 5.74) is 9.21. The molecule has 19 heavy (non-hydrogen) atoms. The van der Waals surface area contributed by atoms with Crippen molar-refractivity contribution in [3.05, 3.63) is 45.4 Å². The second kappa shape index (κ2) is 5.31. The molecule has 0 radical (unpaired) electrons. The molecule has 3 nitrogen and oxygen atoms in total. The van der Waals surface area contributed by atoms with Crippen LogP contribution in [0.3, 0.4) is 0 Å². The predicted molar refractivity (Wildman–Crippen MR) is 80.2 cm³/mol. The van der Waals surface area contributed by atoms with Crippen molar-refractivity contribution < 1.29 is 0 Å². The van der Waals surface area contributed by atoms with E-state index in [9.17, 15) is 0 Å². The largest absolute Gasteiger partial charge is 0.399 e. The Morgan fingerprint density at radius 1 is 1.32 bits per heavy atom. The van der Waals surface area contributed by atoms with Crippen LogP contribution in [0.4, 0.5) is 5.69 Å². The molecule has 1 aromatic carbocycles. The summed E-state index contributed by atoms with van der Waals surface area (Å²) in [6, 6.07) is 8.20. The molecule has 1 aliphatic rings. The second-order valence-corrected chi connectivity index (χ2v) is 6.20. The molecule has 0 spiro atoms. The summed E-state index contributed by atoms with van der Waals surface area (Å²) >= 11 is 1.88. The zero-order valence-corrected chi connectivity index (χ0v) is 12.0. The first kappa shape index (κ1) is 12.6. The third kappa shape index (κ3) is 2.80. The minimum atomic E-state index is 0.833. The Labute approximate surface area is 118 Å². The number of aryl methyl sites for hydroxylation is 1. The number of rotatable bonds is 3. The van der Waals surface area contributed by atoms with Gasteiger partial charge in [-0.3, -0.25) is 4.90 Å². The van der Waals surface area contributed by atoms with Crippen LogP contribution in [-0.4, -0.2) is 16.4 Å². The van der Waals surface area contributed by atoms with Gasteiger partial charge in [-0.05, 0) is 24.1 Å². The number of benzene rings is 1. The first-order valence-electron chi connectivity index (χ1n) is 6.79. The van der Waals surface area contributed by atoms with Crippen LogP contribution in [0.15, 0.2) is 24.3 Å². The van der Waals surface area contributed by atoms with Gasteiger partial charge in [0.1, 0.15) is 0 Å². The van der Waals surface area contributed by atoms with Crippen LogP contribution in [0, 0.1) is 0 Å². The van der Waals surface area contributed by atoms with Crippen molar-refractivity contribution in [2.45, 2.75) is 32.9 Å². The van der Waals surface area contributed by atoms with Gasteiger partial charge in [0.25, 0.3) is 0 Å². The molecule has 4 heteroatoms. The third-order valence-corrected chi connectivity index (χ3v) is 4.77. The van der Waals surface area contributed by atoms with E-state index in [1.807, 2.05) is 23.5 Å². The van der Waals surface area contributed by atoms with Crippen LogP contribution in [0.1, 0.15) is 28.1 Å². The van der Waals surface area contributed by atoms with Crippen molar-refractivity contribution >= 4 is 17.0 Å². The van der Waals surface area contributed by atoms with Crippen molar-refractivity contribution in [1.82, 2.24) is 9.88 Å². The number of hydrogen-bond donors (Lipinski definition) is 1. The van der Waals surface area contributed by atoms with Gasteiger partial charge in [-0.15, -0.1) is 11.3 Å². The first-order chi connectivity index (χ1) is 9.24. The molecule has 2 N–H and O–H groups in total. The van der Waals surface area contributed by atoms with Crippen LogP contribution in [0.2, 0.25) is 0 Å². The molecular formula is C15H19N3S. The van der Waals surface area contributed by atoms with Crippen LogP contribution in [0.5, 0.6) is 0 Å². The highest BCUT2D eigenvalue weighted by molar-refractivity contribution is 7.11. The molecule has 0 amide bonds. The van der Waals surface area contributed by atoms with E-state index < -0.39 is 0 Å². The fourth-order valence-electron chi connectivity index (χ4n) is 2.47. The average Bonchev–Trinajstić information content (AvgIpc) is 2.83.